The third-order valence-electron chi connectivity index (χ3n) is 17.5. The van der Waals surface area contributed by atoms with Crippen molar-refractivity contribution in [2.75, 3.05) is 25.5 Å². The van der Waals surface area contributed by atoms with Crippen LogP contribution in [0.25, 0.3) is 10.9 Å². The lowest BCUT2D eigenvalue weighted by molar-refractivity contribution is -0.137. The van der Waals surface area contributed by atoms with Crippen LogP contribution in [0.3, 0.4) is 0 Å². The van der Waals surface area contributed by atoms with Crippen molar-refractivity contribution in [1.29, 1.82) is 0 Å². The Labute approximate surface area is 632 Å². The van der Waals surface area contributed by atoms with E-state index in [1.165, 1.54) is 36.8 Å². The minimum atomic E-state index is -1.98. The smallest absolute Gasteiger partial charge is 0.245 e. The van der Waals surface area contributed by atoms with Gasteiger partial charge in [0.2, 0.25) is 88.6 Å². The number of H-pyrrole nitrogens is 2. The molecule has 0 spiro atoms. The van der Waals surface area contributed by atoms with Crippen LogP contribution in [0.5, 0.6) is 5.75 Å². The van der Waals surface area contributed by atoms with Crippen LogP contribution in [0.2, 0.25) is 0 Å². The normalized spacial score (nSPS) is 14.7. The number of phenolic OH excluding ortho intramolecular Hbond substituents is 1. The monoisotopic (exact) mass is 1540 g/mol. The number of carbonyl (C=O) groups excluding carboxylic acids is 15. The summed E-state index contributed by atoms with van der Waals surface area (Å²) in [4.78, 5) is 216. The summed E-state index contributed by atoms with van der Waals surface area (Å²) < 4.78 is 0. The zero-order chi connectivity index (χ0) is 80.6. The van der Waals surface area contributed by atoms with Crippen LogP contribution in [-0.4, -0.2) is 217 Å². The Bertz CT molecular complexity index is 3960. The van der Waals surface area contributed by atoms with Gasteiger partial charge in [0.1, 0.15) is 78.3 Å². The molecule has 0 bridgehead atoms. The number of nitrogens with one attached hydrogen (secondary N) is 14. The molecular formula is C71H99N19O18S. The summed E-state index contributed by atoms with van der Waals surface area (Å²) in [6.07, 6.45) is 1.92. The first-order valence-corrected chi connectivity index (χ1v) is 35.8. The number of hydrogen-bond acceptors (Lipinski definition) is 21. The van der Waals surface area contributed by atoms with Crippen LogP contribution in [-0.2, 0) is 97.6 Å². The number of para-hydroxylation sites is 1. The van der Waals surface area contributed by atoms with Gasteiger partial charge in [-0.1, -0.05) is 94.8 Å². The van der Waals surface area contributed by atoms with E-state index in [1.54, 1.807) is 88.5 Å². The Balaban J connectivity index is 1.40. The van der Waals surface area contributed by atoms with Crippen molar-refractivity contribution in [3.63, 3.8) is 0 Å². The topological polar surface area (TPSA) is 610 Å². The largest absolute Gasteiger partial charge is 0.508 e. The average Bonchev–Trinajstić information content (AvgIpc) is 1.71. The van der Waals surface area contributed by atoms with Gasteiger partial charge >= 0.3 is 0 Å². The number of nitrogens with zero attached hydrogens (tertiary/aromatic N) is 1. The molecule has 25 N–H and O–H groups in total. The van der Waals surface area contributed by atoms with Crippen LogP contribution in [0.4, 0.5) is 0 Å². The van der Waals surface area contributed by atoms with E-state index in [0.29, 0.717) is 39.7 Å². The highest BCUT2D eigenvalue weighted by Crippen LogP contribution is 2.21. The van der Waals surface area contributed by atoms with Crippen LogP contribution in [0, 0.1) is 11.8 Å². The predicted octanol–water partition coefficient (Wildman–Crippen LogP) is -5.31. The fraction of sp³-hybridized carbons (Fsp3) is 0.465. The summed E-state index contributed by atoms with van der Waals surface area (Å²) in [6.45, 7) is 5.53. The molecule has 5 rings (SSSR count). The van der Waals surface area contributed by atoms with E-state index in [0.717, 1.165) is 6.92 Å². The number of unbranched alkanes of at least 4 members (excludes halogenated alkanes) is 1. The van der Waals surface area contributed by atoms with E-state index in [9.17, 15) is 87.2 Å². The third-order valence-corrected chi connectivity index (χ3v) is 17.9. The molecule has 38 heteroatoms. The van der Waals surface area contributed by atoms with Gasteiger partial charge in [-0.2, -0.15) is 12.6 Å². The highest BCUT2D eigenvalue weighted by atomic mass is 32.1. The van der Waals surface area contributed by atoms with E-state index >= 15 is 0 Å². The maximum absolute atomic E-state index is 14.9. The number of nitrogens with two attached hydrogens (primary N) is 4. The van der Waals surface area contributed by atoms with Crippen molar-refractivity contribution in [2.24, 2.45) is 34.8 Å². The molecule has 3 aromatic carbocycles. The number of aromatic nitrogens is 3. The maximum atomic E-state index is 14.9. The summed E-state index contributed by atoms with van der Waals surface area (Å²) in [5.74, 6) is -17.0. The van der Waals surface area contributed by atoms with Crippen molar-refractivity contribution in [3.05, 3.63) is 120 Å². The molecule has 592 valence electrons. The quantitative estimate of drug-likeness (QED) is 0.0128. The Morgan fingerprint density at radius 2 is 0.908 bits per heavy atom. The highest BCUT2D eigenvalue weighted by Gasteiger charge is 2.39. The van der Waals surface area contributed by atoms with E-state index in [1.807, 2.05) is 0 Å². The van der Waals surface area contributed by atoms with Crippen molar-refractivity contribution in [3.8, 4) is 5.75 Å². The molecule has 15 amide bonds. The molecule has 0 aliphatic rings. The lowest BCUT2D eigenvalue weighted by Crippen LogP contribution is -2.62. The number of aromatic hydroxyl groups is 1. The van der Waals surface area contributed by atoms with Crippen LogP contribution in [0.15, 0.2) is 97.6 Å². The Hall–Kier alpha value is -11.5. The lowest BCUT2D eigenvalue weighted by atomic mass is 9.96. The van der Waals surface area contributed by atoms with Gasteiger partial charge in [-0.05, 0) is 72.5 Å². The minimum Gasteiger partial charge on any atom is -0.508 e. The number of imidazole rings is 1. The number of primary amides is 3. The number of thiol groups is 1. The molecule has 109 heavy (non-hydrogen) atoms. The van der Waals surface area contributed by atoms with Crippen LogP contribution >= 0.6 is 12.6 Å². The average molecular weight is 1540 g/mol. The molecule has 2 aromatic heterocycles. The summed E-state index contributed by atoms with van der Waals surface area (Å²) in [7, 11) is 0. The maximum Gasteiger partial charge on any atom is 0.245 e. The number of aliphatic hydroxyl groups excluding tert-OH is 2. The van der Waals surface area contributed by atoms with E-state index in [4.69, 9.17) is 22.9 Å². The van der Waals surface area contributed by atoms with Gasteiger partial charge in [0.05, 0.1) is 32.4 Å². The molecule has 37 nitrogen and oxygen atoms in total. The fourth-order valence-electron chi connectivity index (χ4n) is 11.3. The summed E-state index contributed by atoms with van der Waals surface area (Å²) in [6, 6.07) is 1.31. The van der Waals surface area contributed by atoms with E-state index < -0.39 is 199 Å². The summed E-state index contributed by atoms with van der Waals surface area (Å²) in [5, 5.41) is 61.5. The van der Waals surface area contributed by atoms with Gasteiger partial charge in [0, 0.05) is 67.4 Å². The number of rotatable bonds is 46. The molecule has 0 aliphatic heterocycles. The molecule has 0 saturated heterocycles. The second kappa shape index (κ2) is 43.9. The van der Waals surface area contributed by atoms with Gasteiger partial charge in [-0.15, -0.1) is 0 Å². The zero-order valence-electron chi connectivity index (χ0n) is 60.9. The Kier molecular flexibility index (Phi) is 35.5. The third kappa shape index (κ3) is 28.3. The number of amides is 15. The highest BCUT2D eigenvalue weighted by molar-refractivity contribution is 7.80. The van der Waals surface area contributed by atoms with E-state index in [2.05, 4.69) is 91.4 Å². The summed E-state index contributed by atoms with van der Waals surface area (Å²) in [5.41, 5.74) is 24.8. The van der Waals surface area contributed by atoms with Crippen LogP contribution in [0.1, 0.15) is 95.5 Å². The van der Waals surface area contributed by atoms with Crippen molar-refractivity contribution in [2.45, 2.75) is 171 Å². The fourth-order valence-corrected chi connectivity index (χ4v) is 11.6. The second-order valence-corrected chi connectivity index (χ2v) is 26.8. The number of aliphatic hydroxyl groups is 2. The van der Waals surface area contributed by atoms with Crippen molar-refractivity contribution < 1.29 is 87.2 Å². The molecule has 13 atom stereocenters. The summed E-state index contributed by atoms with van der Waals surface area (Å²) >= 11 is 4.14. The molecule has 0 radical (unpaired) electrons. The molecule has 2 heterocycles. The first-order valence-electron chi connectivity index (χ1n) is 35.1. The SMILES string of the molecule is CC[C@H](C)[C@H](NC(=O)[C@H](CC(N)=O)NC(=O)[C@H](CO)NC(=O)[C@H](Cc1ccccc1)NC(=O)[C@H](Cc1ccc(O)cc1)NC(=O)[C@H](CCCCN)NC(=O)[C@H](CC(N)=O)NC(=O)[C@H](CO)NC(=O)[C@@H](NC(C)=O)C(C)C)C(=O)N[C@@H](Cc1cnc[nH]1)C(=O)N[C@@H](Cc1c[nH]c2ccccc12)C(=O)N[C@@H](CS)C(N)=O. The van der Waals surface area contributed by atoms with Gasteiger partial charge in [0.15, 0.2) is 0 Å². The first kappa shape index (κ1) is 88.1. The van der Waals surface area contributed by atoms with Gasteiger partial charge < -0.3 is 112 Å². The number of benzene rings is 3. The van der Waals surface area contributed by atoms with Gasteiger partial charge in [-0.3, -0.25) is 71.9 Å². The number of fused-ring (bicyclic) bond motifs is 1. The molecule has 0 unspecified atom stereocenters. The minimum absolute atomic E-state index is 0.123. The molecule has 0 fully saturated rings. The standard InChI is InChI=1S/C71H99N19O18S/c1-6-37(4)59(71(108)86-50(27-42-31-76-35-78-42)65(102)83-49(64(101)89-55(34-109)60(75)97)26-41-30-77-45-17-11-10-16-44(41)45)90-67(104)52(29-57(74)96)85-68(105)53(32-91)87-63(100)47(24-39-14-8-7-9-15-39)82-62(99)48(25-40-19-21-43(94)22-20-40)81-61(98)46(18-12-13-23-72)80-66(103)51(28-56(73)95)84-69(106)54(33-92)88-70(107)58(36(2)3)79-38(5)93/h7-11,14-17,19-22,30-31,35-37,46-55,58-59,77,91-92,94,109H,6,12-13,18,23-29,32-34,72H2,1-5H3,(H2,73,95)(H2,74,96)(H2,75,97)(H,76,78)(H,79,93)(H,80,103)(H,81,98)(H,82,99)(H,83,102)(H,84,106)(H,85,105)(H,86,108)(H,87,100)(H,88,107)(H,89,101)(H,90,104)/t37-,46-,47-,48-,49-,50-,51-,52-,53-,54-,55-,58-,59-/m0/s1. The first-order chi connectivity index (χ1) is 51.8. The Morgan fingerprint density at radius 3 is 1.39 bits per heavy atom. The predicted molar refractivity (Wildman–Crippen MR) is 397 cm³/mol. The molecule has 0 aliphatic carbocycles. The molecule has 5 aromatic rings. The number of aromatic amines is 2. The van der Waals surface area contributed by atoms with Crippen molar-refractivity contribution >= 4 is 112 Å². The van der Waals surface area contributed by atoms with Crippen molar-refractivity contribution in [1.82, 2.24) is 78.8 Å². The lowest BCUT2D eigenvalue weighted by Gasteiger charge is -2.29. The van der Waals surface area contributed by atoms with Crippen LogP contribution < -0.4 is 86.7 Å². The number of phenols is 1. The van der Waals surface area contributed by atoms with Gasteiger partial charge in [0.25, 0.3) is 0 Å². The van der Waals surface area contributed by atoms with E-state index in [-0.39, 0.29) is 63.0 Å². The molecule has 0 saturated carbocycles. The Morgan fingerprint density at radius 1 is 0.477 bits per heavy atom. The molecular weight excluding hydrogens is 1440 g/mol. The van der Waals surface area contributed by atoms with Gasteiger partial charge in [-0.25, -0.2) is 4.98 Å². The second-order valence-electron chi connectivity index (χ2n) is 26.4. The zero-order valence-corrected chi connectivity index (χ0v) is 61.8. The number of hydrogen-bond donors (Lipinski definition) is 22. The number of carbonyl (C=O) groups is 15.